The Balaban J connectivity index is 1.84. The molecule has 0 radical (unpaired) electrons. The quantitative estimate of drug-likeness (QED) is 0.803. The largest absolute Gasteiger partial charge is 0.342 e. The van der Waals surface area contributed by atoms with Gasteiger partial charge in [0.2, 0.25) is 0 Å². The molecule has 114 valence electrons. The van der Waals surface area contributed by atoms with Crippen molar-refractivity contribution in [2.24, 2.45) is 7.05 Å². The van der Waals surface area contributed by atoms with Gasteiger partial charge in [-0.1, -0.05) is 13.0 Å². The number of nitrogens with zero attached hydrogens (tertiary/aromatic N) is 4. The highest BCUT2D eigenvalue weighted by molar-refractivity contribution is 5.93. The molecule has 3 rings (SSSR count). The van der Waals surface area contributed by atoms with Crippen LogP contribution in [0.25, 0.3) is 5.65 Å². The number of rotatable bonds is 4. The molecular formula is C16H19N5O. The van der Waals surface area contributed by atoms with Crippen molar-refractivity contribution < 1.29 is 4.79 Å². The minimum atomic E-state index is -0.172. The molecule has 0 aromatic carbocycles. The van der Waals surface area contributed by atoms with E-state index in [4.69, 9.17) is 0 Å². The van der Waals surface area contributed by atoms with E-state index >= 15 is 0 Å². The zero-order valence-corrected chi connectivity index (χ0v) is 12.9. The van der Waals surface area contributed by atoms with E-state index in [-0.39, 0.29) is 11.9 Å². The summed E-state index contributed by atoms with van der Waals surface area (Å²) in [6.45, 7) is 4.04. The van der Waals surface area contributed by atoms with Gasteiger partial charge in [-0.3, -0.25) is 9.48 Å². The molecule has 0 saturated heterocycles. The molecule has 0 aliphatic carbocycles. The van der Waals surface area contributed by atoms with Crippen LogP contribution in [0.1, 0.15) is 41.1 Å². The molecule has 0 aliphatic heterocycles. The fourth-order valence-electron chi connectivity index (χ4n) is 2.56. The van der Waals surface area contributed by atoms with Crippen molar-refractivity contribution >= 4 is 11.6 Å². The minimum Gasteiger partial charge on any atom is -0.342 e. The van der Waals surface area contributed by atoms with E-state index in [9.17, 15) is 4.79 Å². The smallest absolute Gasteiger partial charge is 0.272 e. The van der Waals surface area contributed by atoms with Gasteiger partial charge in [-0.2, -0.15) is 5.10 Å². The maximum atomic E-state index is 12.5. The molecular weight excluding hydrogens is 278 g/mol. The molecule has 1 N–H and O–H groups in total. The zero-order valence-electron chi connectivity index (χ0n) is 12.9. The summed E-state index contributed by atoms with van der Waals surface area (Å²) in [6.07, 6.45) is 6.24. The Morgan fingerprint density at radius 3 is 2.82 bits per heavy atom. The number of aryl methyl sites for hydroxylation is 2. The Morgan fingerprint density at radius 1 is 1.32 bits per heavy atom. The van der Waals surface area contributed by atoms with Gasteiger partial charge in [-0.05, 0) is 31.0 Å². The molecule has 6 nitrogen and oxygen atoms in total. The summed E-state index contributed by atoms with van der Waals surface area (Å²) in [7, 11) is 1.87. The molecule has 0 saturated carbocycles. The second-order valence-electron chi connectivity index (χ2n) is 5.41. The minimum absolute atomic E-state index is 0.0773. The van der Waals surface area contributed by atoms with Crippen LogP contribution < -0.4 is 5.32 Å². The SMILES string of the molecule is CC[C@H](NC(=O)c1cn2cc(C)ccc2n1)c1ccnn1C. The fourth-order valence-corrected chi connectivity index (χ4v) is 2.56. The van der Waals surface area contributed by atoms with E-state index in [1.165, 1.54) is 0 Å². The summed E-state index contributed by atoms with van der Waals surface area (Å²) in [4.78, 5) is 16.8. The number of carbonyl (C=O) groups excluding carboxylic acids is 1. The summed E-state index contributed by atoms with van der Waals surface area (Å²) in [5, 5.41) is 7.18. The van der Waals surface area contributed by atoms with Crippen LogP contribution in [0.3, 0.4) is 0 Å². The van der Waals surface area contributed by atoms with Crippen molar-refractivity contribution in [1.29, 1.82) is 0 Å². The van der Waals surface area contributed by atoms with Gasteiger partial charge in [0.1, 0.15) is 11.3 Å². The van der Waals surface area contributed by atoms with E-state index in [0.717, 1.165) is 23.3 Å². The predicted molar refractivity (Wildman–Crippen MR) is 83.6 cm³/mol. The number of aromatic nitrogens is 4. The van der Waals surface area contributed by atoms with E-state index < -0.39 is 0 Å². The van der Waals surface area contributed by atoms with Gasteiger partial charge in [0.25, 0.3) is 5.91 Å². The first kappa shape index (κ1) is 14.3. The number of nitrogens with one attached hydrogen (secondary N) is 1. The molecule has 6 heteroatoms. The first-order valence-electron chi connectivity index (χ1n) is 7.32. The highest BCUT2D eigenvalue weighted by atomic mass is 16.2. The lowest BCUT2D eigenvalue weighted by Crippen LogP contribution is -2.29. The first-order valence-corrected chi connectivity index (χ1v) is 7.32. The van der Waals surface area contributed by atoms with Crippen molar-refractivity contribution in [2.75, 3.05) is 0 Å². The monoisotopic (exact) mass is 297 g/mol. The maximum absolute atomic E-state index is 12.5. The molecule has 0 spiro atoms. The van der Waals surface area contributed by atoms with E-state index in [1.54, 1.807) is 17.1 Å². The van der Waals surface area contributed by atoms with Crippen molar-refractivity contribution in [3.63, 3.8) is 0 Å². The van der Waals surface area contributed by atoms with Crippen LogP contribution in [0.2, 0.25) is 0 Å². The summed E-state index contributed by atoms with van der Waals surface area (Å²) >= 11 is 0. The third kappa shape index (κ3) is 2.59. The van der Waals surface area contributed by atoms with Crippen LogP contribution in [0.5, 0.6) is 0 Å². The lowest BCUT2D eigenvalue weighted by molar-refractivity contribution is 0.0929. The van der Waals surface area contributed by atoms with Gasteiger partial charge in [0.05, 0.1) is 11.7 Å². The van der Waals surface area contributed by atoms with E-state index in [2.05, 4.69) is 15.4 Å². The summed E-state index contributed by atoms with van der Waals surface area (Å²) in [5.74, 6) is -0.172. The molecule has 0 fully saturated rings. The van der Waals surface area contributed by atoms with Crippen molar-refractivity contribution in [2.45, 2.75) is 26.3 Å². The number of hydrogen-bond acceptors (Lipinski definition) is 3. The number of imidazole rings is 1. The molecule has 0 unspecified atom stereocenters. The second kappa shape index (κ2) is 5.63. The van der Waals surface area contributed by atoms with Crippen molar-refractivity contribution in [1.82, 2.24) is 24.5 Å². The highest BCUT2D eigenvalue weighted by Crippen LogP contribution is 2.16. The van der Waals surface area contributed by atoms with Gasteiger partial charge >= 0.3 is 0 Å². The molecule has 3 heterocycles. The standard InChI is InChI=1S/C16H19N5O/c1-4-12(14-7-8-17-20(14)3)19-16(22)13-10-21-9-11(2)5-6-15(21)18-13/h5-10,12H,4H2,1-3H3,(H,19,22)/t12-/m0/s1. The topological polar surface area (TPSA) is 64.2 Å². The molecule has 3 aromatic rings. The average molecular weight is 297 g/mol. The number of carbonyl (C=O) groups is 1. The maximum Gasteiger partial charge on any atom is 0.272 e. The van der Waals surface area contributed by atoms with Crippen LogP contribution in [-0.4, -0.2) is 25.1 Å². The fraction of sp³-hybridized carbons (Fsp3) is 0.312. The molecule has 1 amide bonds. The zero-order chi connectivity index (χ0) is 15.7. The second-order valence-corrected chi connectivity index (χ2v) is 5.41. The number of pyridine rings is 1. The lowest BCUT2D eigenvalue weighted by Gasteiger charge is -2.16. The Kier molecular flexibility index (Phi) is 3.66. The average Bonchev–Trinajstić information content (AvgIpc) is 3.10. The lowest BCUT2D eigenvalue weighted by atomic mass is 10.1. The van der Waals surface area contributed by atoms with Crippen molar-refractivity contribution in [3.05, 3.63) is 53.7 Å². The number of hydrogen-bond donors (Lipinski definition) is 1. The van der Waals surface area contributed by atoms with Crippen LogP contribution in [-0.2, 0) is 7.05 Å². The normalized spacial score (nSPS) is 12.5. The number of fused-ring (bicyclic) bond motifs is 1. The molecule has 22 heavy (non-hydrogen) atoms. The van der Waals surface area contributed by atoms with E-state index in [0.29, 0.717) is 5.69 Å². The Bertz CT molecular complexity index is 817. The molecule has 1 atom stereocenters. The van der Waals surface area contributed by atoms with Crippen molar-refractivity contribution in [3.8, 4) is 0 Å². The van der Waals surface area contributed by atoms with Crippen LogP contribution >= 0.6 is 0 Å². The molecule has 3 aromatic heterocycles. The predicted octanol–water partition coefficient (Wildman–Crippen LogP) is 2.26. The van der Waals surface area contributed by atoms with Gasteiger partial charge in [-0.15, -0.1) is 0 Å². The van der Waals surface area contributed by atoms with Crippen LogP contribution in [0.4, 0.5) is 0 Å². The Morgan fingerprint density at radius 2 is 2.14 bits per heavy atom. The Labute approximate surface area is 128 Å². The summed E-state index contributed by atoms with van der Waals surface area (Å²) < 4.78 is 3.65. The summed E-state index contributed by atoms with van der Waals surface area (Å²) in [5.41, 5.74) is 3.30. The first-order chi connectivity index (χ1) is 10.6. The summed E-state index contributed by atoms with van der Waals surface area (Å²) in [6, 6.07) is 5.73. The number of amides is 1. The van der Waals surface area contributed by atoms with E-state index in [1.807, 2.05) is 49.7 Å². The highest BCUT2D eigenvalue weighted by Gasteiger charge is 2.18. The van der Waals surface area contributed by atoms with Gasteiger partial charge < -0.3 is 9.72 Å². The van der Waals surface area contributed by atoms with Gasteiger partial charge in [-0.25, -0.2) is 4.98 Å². The third-order valence-corrected chi connectivity index (χ3v) is 3.76. The van der Waals surface area contributed by atoms with Crippen LogP contribution in [0, 0.1) is 6.92 Å². The van der Waals surface area contributed by atoms with Gasteiger partial charge in [0.15, 0.2) is 0 Å². The Hall–Kier alpha value is -2.63. The third-order valence-electron chi connectivity index (χ3n) is 3.76. The molecule has 0 aliphatic rings. The molecule has 0 bridgehead atoms. The van der Waals surface area contributed by atoms with Crippen LogP contribution in [0.15, 0.2) is 36.8 Å². The van der Waals surface area contributed by atoms with Gasteiger partial charge in [0, 0.05) is 25.6 Å².